The van der Waals surface area contributed by atoms with E-state index >= 15 is 0 Å². The average molecular weight is 343 g/mol. The number of carbonyl (C=O) groups is 1. The Kier molecular flexibility index (Phi) is 3.64. The molecule has 2 radical (unpaired) electrons. The van der Waals surface area contributed by atoms with Gasteiger partial charge in [-0.15, -0.1) is 0 Å². The highest BCUT2D eigenvalue weighted by atomic mass is 16.5. The fourth-order valence-corrected chi connectivity index (χ4v) is 4.25. The molecule has 0 saturated carbocycles. The van der Waals surface area contributed by atoms with E-state index in [1.807, 2.05) is 36.4 Å². The molecule has 1 N–H and O–H groups in total. The van der Waals surface area contributed by atoms with Gasteiger partial charge in [-0.3, -0.25) is 4.79 Å². The van der Waals surface area contributed by atoms with E-state index in [0.29, 0.717) is 6.42 Å². The number of ether oxygens (including phenoxy) is 1. The molecule has 2 aliphatic rings. The molecule has 5 heteroatoms. The maximum Gasteiger partial charge on any atom is 0.225 e. The number of nitrogens with one attached hydrogen (secondary N) is 1. The van der Waals surface area contributed by atoms with Gasteiger partial charge in [-0.25, -0.2) is 0 Å². The van der Waals surface area contributed by atoms with Gasteiger partial charge in [-0.05, 0) is 41.5 Å². The Bertz CT molecular complexity index is 982. The monoisotopic (exact) mass is 343 g/mol. The van der Waals surface area contributed by atoms with Crippen molar-refractivity contribution < 1.29 is 13.9 Å². The van der Waals surface area contributed by atoms with Gasteiger partial charge < -0.3 is 14.5 Å². The fourth-order valence-electron chi connectivity index (χ4n) is 4.25. The zero-order valence-electron chi connectivity index (χ0n) is 14.2. The SMILES string of the molecule is [B][C@H](Cc1coc2ccccc12)NC(=O)C1C[C@H]2O[C@@H]1c1ccccc12. The van der Waals surface area contributed by atoms with Gasteiger partial charge in [0, 0.05) is 5.39 Å². The molecule has 0 spiro atoms. The first-order valence-electron chi connectivity index (χ1n) is 8.96. The predicted molar refractivity (Wildman–Crippen MR) is 98.7 cm³/mol. The molecule has 1 unspecified atom stereocenters. The van der Waals surface area contributed by atoms with Crippen LogP contribution in [0.2, 0.25) is 0 Å². The van der Waals surface area contributed by atoms with E-state index in [2.05, 4.69) is 17.4 Å². The van der Waals surface area contributed by atoms with Gasteiger partial charge in [0.1, 0.15) is 5.58 Å². The van der Waals surface area contributed by atoms with Gasteiger partial charge in [0.25, 0.3) is 0 Å². The molecule has 1 saturated heterocycles. The standard InChI is InChI=1S/C21H18BNO3/c22-19(9-12-11-25-17-8-4-3-5-13(12)17)23-21(24)16-10-18-14-6-1-2-7-15(14)20(16)26-18/h1-8,11,16,18-20H,9-10H2,(H,23,24)/t16?,18-,19+,20-/m1/s1. The molecule has 2 aromatic carbocycles. The first-order valence-corrected chi connectivity index (χ1v) is 8.96. The van der Waals surface area contributed by atoms with Gasteiger partial charge in [0.2, 0.25) is 5.91 Å². The molecule has 0 aliphatic carbocycles. The number of fused-ring (bicyclic) bond motifs is 6. The number of rotatable bonds is 4. The van der Waals surface area contributed by atoms with E-state index in [0.717, 1.165) is 28.5 Å². The summed E-state index contributed by atoms with van der Waals surface area (Å²) in [5.74, 6) is -0.674. The highest BCUT2D eigenvalue weighted by molar-refractivity contribution is 6.13. The highest BCUT2D eigenvalue weighted by Crippen LogP contribution is 2.53. The normalized spacial score (nSPS) is 24.5. The van der Waals surface area contributed by atoms with Crippen molar-refractivity contribution in [2.24, 2.45) is 5.92 Å². The summed E-state index contributed by atoms with van der Waals surface area (Å²) in [5, 5.41) is 3.99. The lowest BCUT2D eigenvalue weighted by Gasteiger charge is -2.23. The summed E-state index contributed by atoms with van der Waals surface area (Å²) in [6.07, 6.45) is 2.84. The third-order valence-corrected chi connectivity index (χ3v) is 5.46. The smallest absolute Gasteiger partial charge is 0.225 e. The molecule has 1 amide bonds. The van der Waals surface area contributed by atoms with E-state index < -0.39 is 5.94 Å². The van der Waals surface area contributed by atoms with Crippen molar-refractivity contribution in [2.75, 3.05) is 0 Å². The van der Waals surface area contributed by atoms with Crippen LogP contribution in [0.15, 0.2) is 59.2 Å². The van der Waals surface area contributed by atoms with Crippen LogP contribution in [-0.2, 0) is 16.0 Å². The molecule has 3 aromatic rings. The zero-order valence-corrected chi connectivity index (χ0v) is 14.2. The van der Waals surface area contributed by atoms with Gasteiger partial charge >= 0.3 is 0 Å². The molecule has 128 valence electrons. The molecule has 26 heavy (non-hydrogen) atoms. The number of furan rings is 1. The molecule has 4 atom stereocenters. The third kappa shape index (κ3) is 2.46. The van der Waals surface area contributed by atoms with Crippen LogP contribution in [0.1, 0.15) is 35.3 Å². The molecule has 1 fully saturated rings. The Morgan fingerprint density at radius 2 is 1.92 bits per heavy atom. The van der Waals surface area contributed by atoms with E-state index in [1.165, 1.54) is 5.56 Å². The Morgan fingerprint density at radius 1 is 1.15 bits per heavy atom. The second-order valence-electron chi connectivity index (χ2n) is 7.09. The van der Waals surface area contributed by atoms with Crippen LogP contribution in [-0.4, -0.2) is 19.7 Å². The Labute approximate surface area is 152 Å². The predicted octanol–water partition coefficient (Wildman–Crippen LogP) is 3.42. The van der Waals surface area contributed by atoms with Crippen molar-refractivity contribution >= 4 is 24.7 Å². The number of para-hydroxylation sites is 1. The number of benzene rings is 2. The minimum Gasteiger partial charge on any atom is -0.464 e. The number of hydrogen-bond acceptors (Lipinski definition) is 3. The van der Waals surface area contributed by atoms with Crippen molar-refractivity contribution in [3.8, 4) is 0 Å². The minimum absolute atomic E-state index is 0.0287. The molecule has 4 nitrogen and oxygen atoms in total. The second-order valence-corrected chi connectivity index (χ2v) is 7.09. The first kappa shape index (κ1) is 15.7. The Balaban J connectivity index is 1.28. The summed E-state index contributed by atoms with van der Waals surface area (Å²) in [4.78, 5) is 12.8. The topological polar surface area (TPSA) is 51.5 Å². The van der Waals surface area contributed by atoms with Gasteiger partial charge in [-0.1, -0.05) is 42.5 Å². The summed E-state index contributed by atoms with van der Waals surface area (Å²) in [7, 11) is 6.20. The molecular weight excluding hydrogens is 325 g/mol. The largest absolute Gasteiger partial charge is 0.464 e. The van der Waals surface area contributed by atoms with Crippen molar-refractivity contribution in [3.05, 3.63) is 71.5 Å². The minimum atomic E-state index is -0.460. The van der Waals surface area contributed by atoms with Crippen LogP contribution >= 0.6 is 0 Å². The van der Waals surface area contributed by atoms with Crippen molar-refractivity contribution in [2.45, 2.75) is 31.0 Å². The third-order valence-electron chi connectivity index (χ3n) is 5.46. The van der Waals surface area contributed by atoms with Crippen molar-refractivity contribution in [1.82, 2.24) is 5.32 Å². The lowest BCUT2D eigenvalue weighted by Crippen LogP contribution is -2.41. The molecule has 1 aromatic heterocycles. The summed E-state index contributed by atoms with van der Waals surface area (Å²) in [6, 6.07) is 16.0. The van der Waals surface area contributed by atoms with E-state index in [9.17, 15) is 4.79 Å². The van der Waals surface area contributed by atoms with E-state index in [1.54, 1.807) is 6.26 Å². The number of hydrogen-bond donors (Lipinski definition) is 1. The maximum absolute atomic E-state index is 12.8. The average Bonchev–Trinajstić information content (AvgIpc) is 3.36. The quantitative estimate of drug-likeness (QED) is 0.739. The molecular formula is C21H18BNO3. The van der Waals surface area contributed by atoms with Crippen LogP contribution in [0.25, 0.3) is 11.0 Å². The number of carbonyl (C=O) groups excluding carboxylic acids is 1. The summed E-state index contributed by atoms with van der Waals surface area (Å²) < 4.78 is 11.6. The van der Waals surface area contributed by atoms with Crippen LogP contribution < -0.4 is 5.32 Å². The van der Waals surface area contributed by atoms with E-state index in [-0.39, 0.29) is 24.0 Å². The second kappa shape index (κ2) is 6.03. The maximum atomic E-state index is 12.8. The summed E-state index contributed by atoms with van der Waals surface area (Å²) in [6.45, 7) is 0. The Hall–Kier alpha value is -2.53. The van der Waals surface area contributed by atoms with Gasteiger partial charge in [-0.2, -0.15) is 0 Å². The summed E-state index contributed by atoms with van der Waals surface area (Å²) >= 11 is 0. The van der Waals surface area contributed by atoms with Gasteiger partial charge in [0.15, 0.2) is 0 Å². The van der Waals surface area contributed by atoms with Crippen molar-refractivity contribution in [3.63, 3.8) is 0 Å². The highest BCUT2D eigenvalue weighted by Gasteiger charge is 2.48. The van der Waals surface area contributed by atoms with E-state index in [4.69, 9.17) is 17.0 Å². The lowest BCUT2D eigenvalue weighted by molar-refractivity contribution is -0.126. The molecule has 5 rings (SSSR count). The zero-order chi connectivity index (χ0) is 17.7. The van der Waals surface area contributed by atoms with Crippen LogP contribution in [0.5, 0.6) is 0 Å². The van der Waals surface area contributed by atoms with Crippen LogP contribution in [0, 0.1) is 5.92 Å². The first-order chi connectivity index (χ1) is 12.7. The molecule has 2 bridgehead atoms. The van der Waals surface area contributed by atoms with Crippen LogP contribution in [0.3, 0.4) is 0 Å². The molecule has 2 aliphatic heterocycles. The lowest BCUT2D eigenvalue weighted by atomic mass is 9.82. The fraction of sp³-hybridized carbons (Fsp3) is 0.286. The number of amides is 1. The Morgan fingerprint density at radius 3 is 2.81 bits per heavy atom. The summed E-state index contributed by atoms with van der Waals surface area (Å²) in [5.41, 5.74) is 4.19. The van der Waals surface area contributed by atoms with Gasteiger partial charge in [0.05, 0.1) is 32.2 Å². The molecule has 3 heterocycles. The van der Waals surface area contributed by atoms with Crippen molar-refractivity contribution in [1.29, 1.82) is 0 Å². The van der Waals surface area contributed by atoms with Crippen LogP contribution in [0.4, 0.5) is 0 Å².